The van der Waals surface area contributed by atoms with Crippen LogP contribution in [0.2, 0.25) is 0 Å². The predicted molar refractivity (Wildman–Crippen MR) is 61.4 cm³/mol. The van der Waals surface area contributed by atoms with Crippen LogP contribution in [-0.2, 0) is 4.79 Å². The van der Waals surface area contributed by atoms with Gasteiger partial charge in [0, 0.05) is 24.6 Å². The molecule has 0 radical (unpaired) electrons. The summed E-state index contributed by atoms with van der Waals surface area (Å²) < 4.78 is 0. The van der Waals surface area contributed by atoms with E-state index in [0.717, 1.165) is 37.4 Å². The highest BCUT2D eigenvalue weighted by Crippen LogP contribution is 2.18. The van der Waals surface area contributed by atoms with Crippen molar-refractivity contribution < 1.29 is 4.79 Å². The van der Waals surface area contributed by atoms with Crippen LogP contribution >= 0.6 is 11.8 Å². The molecule has 0 aromatic carbocycles. The van der Waals surface area contributed by atoms with Gasteiger partial charge in [0.15, 0.2) is 0 Å². The van der Waals surface area contributed by atoms with E-state index < -0.39 is 5.54 Å². The summed E-state index contributed by atoms with van der Waals surface area (Å²) in [7, 11) is 0. The zero-order valence-corrected chi connectivity index (χ0v) is 9.90. The zero-order valence-electron chi connectivity index (χ0n) is 9.08. The lowest BCUT2D eigenvalue weighted by Gasteiger charge is -2.35. The van der Waals surface area contributed by atoms with Crippen molar-refractivity contribution in [3.8, 4) is 0 Å². The number of carbonyl (C=O) groups is 1. The Labute approximate surface area is 90.4 Å². The zero-order chi connectivity index (χ0) is 10.6. The van der Waals surface area contributed by atoms with Crippen LogP contribution in [0.25, 0.3) is 0 Å². The third kappa shape index (κ3) is 2.42. The lowest BCUT2D eigenvalue weighted by Crippen LogP contribution is -2.56. The third-order valence-electron chi connectivity index (χ3n) is 2.99. The molecule has 0 unspecified atom stereocenters. The van der Waals surface area contributed by atoms with E-state index in [1.807, 2.05) is 30.5 Å². The first-order chi connectivity index (χ1) is 6.64. The van der Waals surface area contributed by atoms with Crippen molar-refractivity contribution in [1.82, 2.24) is 4.90 Å². The molecular weight excluding hydrogens is 196 g/mol. The highest BCUT2D eigenvalue weighted by Gasteiger charge is 2.34. The second kappa shape index (κ2) is 5.03. The molecule has 0 aromatic rings. The largest absolute Gasteiger partial charge is 0.339 e. The summed E-state index contributed by atoms with van der Waals surface area (Å²) in [5, 5.41) is 0. The lowest BCUT2D eigenvalue weighted by atomic mass is 9.92. The summed E-state index contributed by atoms with van der Waals surface area (Å²) in [5.41, 5.74) is 5.45. The van der Waals surface area contributed by atoms with Gasteiger partial charge in [0.05, 0.1) is 5.54 Å². The SMILES string of the molecule is CCC(N)(CC)C(=O)N1CCSCC1. The molecule has 1 saturated heterocycles. The van der Waals surface area contributed by atoms with Crippen molar-refractivity contribution in [2.45, 2.75) is 32.2 Å². The minimum absolute atomic E-state index is 0.141. The van der Waals surface area contributed by atoms with Crippen LogP contribution in [0.3, 0.4) is 0 Å². The van der Waals surface area contributed by atoms with Crippen LogP contribution in [0, 0.1) is 0 Å². The Hall–Kier alpha value is -0.220. The number of nitrogens with zero attached hydrogens (tertiary/aromatic N) is 1. The molecule has 1 aliphatic heterocycles. The number of amides is 1. The van der Waals surface area contributed by atoms with Crippen molar-refractivity contribution in [3.05, 3.63) is 0 Å². The minimum Gasteiger partial charge on any atom is -0.339 e. The molecule has 0 atom stereocenters. The summed E-state index contributed by atoms with van der Waals surface area (Å²) >= 11 is 1.91. The van der Waals surface area contributed by atoms with Gasteiger partial charge in [-0.2, -0.15) is 11.8 Å². The van der Waals surface area contributed by atoms with E-state index in [1.165, 1.54) is 0 Å². The molecule has 1 fully saturated rings. The van der Waals surface area contributed by atoms with Crippen LogP contribution in [0.5, 0.6) is 0 Å². The van der Waals surface area contributed by atoms with E-state index >= 15 is 0 Å². The molecule has 1 amide bonds. The van der Waals surface area contributed by atoms with Gasteiger partial charge < -0.3 is 10.6 Å². The number of nitrogens with two attached hydrogens (primary N) is 1. The molecule has 3 nitrogen and oxygen atoms in total. The molecule has 1 aliphatic rings. The van der Waals surface area contributed by atoms with E-state index in [-0.39, 0.29) is 5.91 Å². The van der Waals surface area contributed by atoms with E-state index in [9.17, 15) is 4.79 Å². The first kappa shape index (κ1) is 11.9. The second-order valence-corrected chi connectivity index (χ2v) is 4.99. The van der Waals surface area contributed by atoms with Gasteiger partial charge in [0.25, 0.3) is 0 Å². The van der Waals surface area contributed by atoms with Crippen molar-refractivity contribution in [2.24, 2.45) is 5.73 Å². The summed E-state index contributed by atoms with van der Waals surface area (Å²) in [6.45, 7) is 5.70. The number of hydrogen-bond acceptors (Lipinski definition) is 3. The summed E-state index contributed by atoms with van der Waals surface area (Å²) in [4.78, 5) is 14.0. The van der Waals surface area contributed by atoms with E-state index in [2.05, 4.69) is 0 Å². The molecule has 1 rings (SSSR count). The Bertz CT molecular complexity index is 198. The van der Waals surface area contributed by atoms with Gasteiger partial charge in [-0.05, 0) is 12.8 Å². The van der Waals surface area contributed by atoms with Gasteiger partial charge in [-0.1, -0.05) is 13.8 Å². The second-order valence-electron chi connectivity index (χ2n) is 3.77. The number of carbonyl (C=O) groups excluding carboxylic acids is 1. The first-order valence-electron chi connectivity index (χ1n) is 5.30. The predicted octanol–water partition coefficient (Wildman–Crippen LogP) is 1.08. The first-order valence-corrected chi connectivity index (χ1v) is 6.45. The highest BCUT2D eigenvalue weighted by atomic mass is 32.2. The maximum Gasteiger partial charge on any atom is 0.242 e. The topological polar surface area (TPSA) is 46.3 Å². The Kier molecular flexibility index (Phi) is 4.26. The molecule has 14 heavy (non-hydrogen) atoms. The highest BCUT2D eigenvalue weighted by molar-refractivity contribution is 7.99. The van der Waals surface area contributed by atoms with E-state index in [4.69, 9.17) is 5.73 Å². The monoisotopic (exact) mass is 216 g/mol. The van der Waals surface area contributed by atoms with Crippen LogP contribution in [0.1, 0.15) is 26.7 Å². The summed E-state index contributed by atoms with van der Waals surface area (Å²) in [5.74, 6) is 2.24. The van der Waals surface area contributed by atoms with Crippen molar-refractivity contribution in [1.29, 1.82) is 0 Å². The minimum atomic E-state index is -0.623. The van der Waals surface area contributed by atoms with Gasteiger partial charge in [-0.3, -0.25) is 4.79 Å². The fourth-order valence-electron chi connectivity index (χ4n) is 1.63. The van der Waals surface area contributed by atoms with E-state index in [0.29, 0.717) is 0 Å². The normalized spacial score (nSPS) is 18.4. The van der Waals surface area contributed by atoms with E-state index in [1.54, 1.807) is 0 Å². The molecule has 0 saturated carbocycles. The lowest BCUT2D eigenvalue weighted by molar-refractivity contribution is -0.136. The molecule has 0 aliphatic carbocycles. The average Bonchev–Trinajstić information content (AvgIpc) is 2.28. The molecule has 0 aromatic heterocycles. The van der Waals surface area contributed by atoms with Crippen LogP contribution in [0.15, 0.2) is 0 Å². The van der Waals surface area contributed by atoms with Gasteiger partial charge in [0.1, 0.15) is 0 Å². The Morgan fingerprint density at radius 3 is 2.29 bits per heavy atom. The standard InChI is InChI=1S/C10H20N2OS/c1-3-10(11,4-2)9(13)12-5-7-14-8-6-12/h3-8,11H2,1-2H3. The molecule has 4 heteroatoms. The fraction of sp³-hybridized carbons (Fsp3) is 0.900. The molecule has 1 heterocycles. The Balaban J connectivity index is 2.61. The Morgan fingerprint density at radius 1 is 1.36 bits per heavy atom. The smallest absolute Gasteiger partial charge is 0.242 e. The number of hydrogen-bond donors (Lipinski definition) is 1. The maximum atomic E-state index is 12.1. The molecule has 82 valence electrons. The van der Waals surface area contributed by atoms with Crippen LogP contribution < -0.4 is 5.73 Å². The molecule has 2 N–H and O–H groups in total. The number of rotatable bonds is 3. The van der Waals surface area contributed by atoms with Gasteiger partial charge in [0.2, 0.25) is 5.91 Å². The van der Waals surface area contributed by atoms with Gasteiger partial charge in [-0.15, -0.1) is 0 Å². The molecule has 0 bridgehead atoms. The number of thioether (sulfide) groups is 1. The van der Waals surface area contributed by atoms with Gasteiger partial charge in [-0.25, -0.2) is 0 Å². The van der Waals surface area contributed by atoms with Crippen molar-refractivity contribution in [2.75, 3.05) is 24.6 Å². The average molecular weight is 216 g/mol. The van der Waals surface area contributed by atoms with Gasteiger partial charge >= 0.3 is 0 Å². The quantitative estimate of drug-likeness (QED) is 0.768. The molecular formula is C10H20N2OS. The van der Waals surface area contributed by atoms with Crippen LogP contribution in [-0.4, -0.2) is 40.9 Å². The molecule has 0 spiro atoms. The summed E-state index contributed by atoms with van der Waals surface area (Å²) in [6, 6.07) is 0. The fourth-order valence-corrected chi connectivity index (χ4v) is 2.54. The third-order valence-corrected chi connectivity index (χ3v) is 3.93. The van der Waals surface area contributed by atoms with Crippen LogP contribution in [0.4, 0.5) is 0 Å². The Morgan fingerprint density at radius 2 is 1.86 bits per heavy atom. The van der Waals surface area contributed by atoms with Crippen molar-refractivity contribution >= 4 is 17.7 Å². The maximum absolute atomic E-state index is 12.1. The van der Waals surface area contributed by atoms with Crippen molar-refractivity contribution in [3.63, 3.8) is 0 Å². The summed E-state index contributed by atoms with van der Waals surface area (Å²) in [6.07, 6.45) is 1.46.